The van der Waals surface area contributed by atoms with Gasteiger partial charge in [-0.3, -0.25) is 4.79 Å². The molecule has 1 aromatic rings. The number of aliphatic carboxylic acids is 1. The van der Waals surface area contributed by atoms with Gasteiger partial charge in [-0.15, -0.1) is 0 Å². The first-order chi connectivity index (χ1) is 8.41. The Hall–Kier alpha value is -1.42. The summed E-state index contributed by atoms with van der Waals surface area (Å²) in [5, 5.41) is 9.42. The number of benzene rings is 1. The number of hydrogen-bond acceptors (Lipinski definition) is 2. The van der Waals surface area contributed by atoms with Gasteiger partial charge in [0.05, 0.1) is 5.41 Å². The molecule has 1 aromatic carbocycles. The van der Waals surface area contributed by atoms with Crippen LogP contribution in [0.15, 0.2) is 24.3 Å². The number of rotatable bonds is 6. The zero-order chi connectivity index (χ0) is 13.8. The highest BCUT2D eigenvalue weighted by Gasteiger charge is 2.38. The molecule has 0 radical (unpaired) electrons. The summed E-state index contributed by atoms with van der Waals surface area (Å²) in [6.07, 6.45) is 0.566. The number of carboxylic acid groups (broad SMARTS) is 1. The maximum atomic E-state index is 13.6. The quantitative estimate of drug-likeness (QED) is 0.818. The summed E-state index contributed by atoms with van der Waals surface area (Å²) in [7, 11) is 0. The number of halogens is 1. The van der Waals surface area contributed by atoms with Gasteiger partial charge in [-0.2, -0.15) is 0 Å². The van der Waals surface area contributed by atoms with E-state index in [0.717, 1.165) is 0 Å². The van der Waals surface area contributed by atoms with Crippen molar-refractivity contribution in [2.24, 2.45) is 17.1 Å². The highest BCUT2D eigenvalue weighted by Crippen LogP contribution is 2.31. The summed E-state index contributed by atoms with van der Waals surface area (Å²) >= 11 is 0. The summed E-state index contributed by atoms with van der Waals surface area (Å²) in [5.74, 6) is -1.14. The fraction of sp³-hybridized carbons (Fsp3) is 0.500. The van der Waals surface area contributed by atoms with Gasteiger partial charge in [0.25, 0.3) is 0 Å². The molecule has 0 aliphatic carbocycles. The van der Waals surface area contributed by atoms with E-state index in [1.165, 1.54) is 6.07 Å². The molecule has 1 rings (SSSR count). The van der Waals surface area contributed by atoms with Gasteiger partial charge < -0.3 is 10.8 Å². The Labute approximate surface area is 107 Å². The number of carboxylic acids is 1. The number of nitrogens with two attached hydrogens (primary N) is 1. The first kappa shape index (κ1) is 14.6. The van der Waals surface area contributed by atoms with Crippen molar-refractivity contribution >= 4 is 5.97 Å². The highest BCUT2D eigenvalue weighted by molar-refractivity contribution is 5.75. The lowest BCUT2D eigenvalue weighted by Gasteiger charge is -2.30. The van der Waals surface area contributed by atoms with Gasteiger partial charge in [0.15, 0.2) is 0 Å². The van der Waals surface area contributed by atoms with E-state index in [-0.39, 0.29) is 24.7 Å². The van der Waals surface area contributed by atoms with Crippen LogP contribution in [0.1, 0.15) is 25.8 Å². The Balaban J connectivity index is 3.05. The summed E-state index contributed by atoms with van der Waals surface area (Å²) in [5.41, 5.74) is 4.97. The molecule has 0 aliphatic heterocycles. The first-order valence-corrected chi connectivity index (χ1v) is 6.08. The lowest BCUT2D eigenvalue weighted by molar-refractivity contribution is -0.149. The van der Waals surface area contributed by atoms with Gasteiger partial charge in [0.1, 0.15) is 5.82 Å². The smallest absolute Gasteiger partial charge is 0.311 e. The maximum absolute atomic E-state index is 13.6. The molecule has 100 valence electrons. The van der Waals surface area contributed by atoms with Crippen molar-refractivity contribution in [3.63, 3.8) is 0 Å². The molecule has 3 nitrogen and oxygen atoms in total. The summed E-state index contributed by atoms with van der Waals surface area (Å²) in [6.45, 7) is 3.89. The second-order valence-electron chi connectivity index (χ2n) is 5.16. The standard InChI is InChI=1S/C14H20FNO2/c1-10(2)7-14(9-16,13(17)18)8-11-5-3-4-6-12(11)15/h3-6,10H,7-9,16H2,1-2H3,(H,17,18). The maximum Gasteiger partial charge on any atom is 0.311 e. The molecule has 1 unspecified atom stereocenters. The summed E-state index contributed by atoms with van der Waals surface area (Å²) < 4.78 is 13.6. The summed E-state index contributed by atoms with van der Waals surface area (Å²) in [4.78, 5) is 11.5. The topological polar surface area (TPSA) is 63.3 Å². The minimum absolute atomic E-state index is 0.00878. The molecule has 0 saturated carbocycles. The molecule has 0 heterocycles. The molecule has 0 fully saturated rings. The van der Waals surface area contributed by atoms with Crippen LogP contribution >= 0.6 is 0 Å². The van der Waals surface area contributed by atoms with Crippen molar-refractivity contribution in [1.82, 2.24) is 0 Å². The van der Waals surface area contributed by atoms with Crippen LogP contribution in [0.3, 0.4) is 0 Å². The molecule has 0 bridgehead atoms. The van der Waals surface area contributed by atoms with E-state index in [1.807, 2.05) is 13.8 Å². The Kier molecular flexibility index (Phi) is 4.84. The Bertz CT molecular complexity index is 420. The largest absolute Gasteiger partial charge is 0.481 e. The average Bonchev–Trinajstić information content (AvgIpc) is 2.30. The van der Waals surface area contributed by atoms with Crippen LogP contribution in [0.5, 0.6) is 0 Å². The monoisotopic (exact) mass is 253 g/mol. The van der Waals surface area contributed by atoms with E-state index in [4.69, 9.17) is 5.73 Å². The fourth-order valence-corrected chi connectivity index (χ4v) is 2.27. The van der Waals surface area contributed by atoms with Crippen molar-refractivity contribution in [3.8, 4) is 0 Å². The molecule has 0 aromatic heterocycles. The first-order valence-electron chi connectivity index (χ1n) is 6.08. The molecule has 0 saturated heterocycles. The molecule has 3 N–H and O–H groups in total. The fourth-order valence-electron chi connectivity index (χ4n) is 2.27. The predicted octanol–water partition coefficient (Wildman–Crippen LogP) is 2.44. The van der Waals surface area contributed by atoms with Gasteiger partial charge in [-0.05, 0) is 30.4 Å². The molecule has 0 aliphatic rings. The third-order valence-corrected chi connectivity index (χ3v) is 3.13. The van der Waals surface area contributed by atoms with Crippen molar-refractivity contribution in [2.75, 3.05) is 6.54 Å². The van der Waals surface area contributed by atoms with Crippen LogP contribution in [0.2, 0.25) is 0 Å². The van der Waals surface area contributed by atoms with Crippen LogP contribution in [0, 0.1) is 17.2 Å². The van der Waals surface area contributed by atoms with Crippen molar-refractivity contribution in [3.05, 3.63) is 35.6 Å². The van der Waals surface area contributed by atoms with Gasteiger partial charge >= 0.3 is 5.97 Å². The lowest BCUT2D eigenvalue weighted by atomic mass is 9.75. The van der Waals surface area contributed by atoms with E-state index < -0.39 is 11.4 Å². The van der Waals surface area contributed by atoms with E-state index in [2.05, 4.69) is 0 Å². The normalized spacial score (nSPS) is 14.5. The minimum atomic E-state index is -1.09. The van der Waals surface area contributed by atoms with Crippen LogP contribution < -0.4 is 5.73 Å². The van der Waals surface area contributed by atoms with Gasteiger partial charge in [-0.25, -0.2) is 4.39 Å². The molecule has 0 amide bonds. The van der Waals surface area contributed by atoms with Gasteiger partial charge in [-0.1, -0.05) is 32.0 Å². The SMILES string of the molecule is CC(C)CC(CN)(Cc1ccccc1F)C(=O)O. The van der Waals surface area contributed by atoms with Crippen molar-refractivity contribution in [1.29, 1.82) is 0 Å². The molecule has 4 heteroatoms. The molecule has 18 heavy (non-hydrogen) atoms. The minimum Gasteiger partial charge on any atom is -0.481 e. The summed E-state index contributed by atoms with van der Waals surface area (Å²) in [6, 6.07) is 6.25. The molecular formula is C14H20FNO2. The number of hydrogen-bond donors (Lipinski definition) is 2. The molecular weight excluding hydrogens is 233 g/mol. The number of carbonyl (C=O) groups is 1. The van der Waals surface area contributed by atoms with Crippen molar-refractivity contribution in [2.45, 2.75) is 26.7 Å². The zero-order valence-electron chi connectivity index (χ0n) is 10.8. The second kappa shape index (κ2) is 5.96. The third kappa shape index (κ3) is 3.29. The van der Waals surface area contributed by atoms with Gasteiger partial charge in [0, 0.05) is 6.54 Å². The van der Waals surface area contributed by atoms with Crippen LogP contribution in [-0.4, -0.2) is 17.6 Å². The third-order valence-electron chi connectivity index (χ3n) is 3.13. The van der Waals surface area contributed by atoms with E-state index in [1.54, 1.807) is 18.2 Å². The molecule has 0 spiro atoms. The molecule has 1 atom stereocenters. The Morgan fingerprint density at radius 1 is 1.44 bits per heavy atom. The zero-order valence-corrected chi connectivity index (χ0v) is 10.8. The van der Waals surface area contributed by atoms with Crippen molar-refractivity contribution < 1.29 is 14.3 Å². The van der Waals surface area contributed by atoms with E-state index in [0.29, 0.717) is 12.0 Å². The van der Waals surface area contributed by atoms with E-state index >= 15 is 0 Å². The predicted molar refractivity (Wildman–Crippen MR) is 68.7 cm³/mol. The van der Waals surface area contributed by atoms with Crippen LogP contribution in [0.4, 0.5) is 4.39 Å². The Morgan fingerprint density at radius 3 is 2.50 bits per heavy atom. The van der Waals surface area contributed by atoms with Crippen LogP contribution in [0.25, 0.3) is 0 Å². The highest BCUT2D eigenvalue weighted by atomic mass is 19.1. The van der Waals surface area contributed by atoms with Crippen LogP contribution in [-0.2, 0) is 11.2 Å². The lowest BCUT2D eigenvalue weighted by Crippen LogP contribution is -2.42. The second-order valence-corrected chi connectivity index (χ2v) is 5.16. The van der Waals surface area contributed by atoms with E-state index in [9.17, 15) is 14.3 Å². The van der Waals surface area contributed by atoms with Gasteiger partial charge in [0.2, 0.25) is 0 Å². The average molecular weight is 253 g/mol. The Morgan fingerprint density at radius 2 is 2.06 bits per heavy atom.